The number of carbonyl (C=O) groups excluding carboxylic acids is 1. The lowest BCUT2D eigenvalue weighted by Gasteiger charge is -2.12. The Balaban J connectivity index is 1.75. The van der Waals surface area contributed by atoms with Crippen molar-refractivity contribution in [2.24, 2.45) is 7.05 Å². The van der Waals surface area contributed by atoms with Crippen LogP contribution >= 0.6 is 11.8 Å². The lowest BCUT2D eigenvalue weighted by molar-refractivity contribution is -0.115. The quantitative estimate of drug-likeness (QED) is 0.589. The molecule has 1 amide bonds. The first-order chi connectivity index (χ1) is 11.0. The highest BCUT2D eigenvalue weighted by atomic mass is 32.2. The summed E-state index contributed by atoms with van der Waals surface area (Å²) in [6.07, 6.45) is 3.22. The van der Waals surface area contributed by atoms with E-state index in [9.17, 15) is 4.79 Å². The monoisotopic (exact) mass is 327 g/mol. The molecule has 0 aliphatic heterocycles. The summed E-state index contributed by atoms with van der Waals surface area (Å²) >= 11 is 1.40. The highest BCUT2D eigenvalue weighted by Gasteiger charge is 2.18. The summed E-state index contributed by atoms with van der Waals surface area (Å²) in [6, 6.07) is 7.74. The van der Waals surface area contributed by atoms with E-state index in [2.05, 4.69) is 20.4 Å². The van der Waals surface area contributed by atoms with Gasteiger partial charge in [-0.05, 0) is 31.5 Å². The molecule has 1 unspecified atom stereocenters. The fourth-order valence-electron chi connectivity index (χ4n) is 2.22. The zero-order chi connectivity index (χ0) is 16.4. The van der Waals surface area contributed by atoms with Crippen LogP contribution in [-0.4, -0.2) is 30.9 Å². The molecule has 1 N–H and O–H groups in total. The third-order valence-electron chi connectivity index (χ3n) is 3.44. The molecule has 118 valence electrons. The van der Waals surface area contributed by atoms with E-state index in [0.717, 1.165) is 27.3 Å². The highest BCUT2D eigenvalue weighted by Crippen LogP contribution is 2.28. The van der Waals surface area contributed by atoms with E-state index in [1.54, 1.807) is 10.9 Å². The Morgan fingerprint density at radius 1 is 1.35 bits per heavy atom. The molecule has 23 heavy (non-hydrogen) atoms. The molecule has 0 fully saturated rings. The van der Waals surface area contributed by atoms with Crippen LogP contribution in [0.2, 0.25) is 0 Å². The smallest absolute Gasteiger partial charge is 0.237 e. The van der Waals surface area contributed by atoms with E-state index in [1.807, 2.05) is 45.2 Å². The summed E-state index contributed by atoms with van der Waals surface area (Å²) in [5.41, 5.74) is 2.67. The number of hydrogen-bond acceptors (Lipinski definition) is 5. The van der Waals surface area contributed by atoms with Crippen LogP contribution in [0.5, 0.6) is 0 Å². The summed E-state index contributed by atoms with van der Waals surface area (Å²) in [6.45, 7) is 3.86. The Kier molecular flexibility index (Phi) is 4.29. The van der Waals surface area contributed by atoms with Crippen LogP contribution in [0.25, 0.3) is 11.0 Å². The lowest BCUT2D eigenvalue weighted by atomic mass is 10.2. The summed E-state index contributed by atoms with van der Waals surface area (Å²) in [5, 5.41) is 8.45. The molecule has 3 aromatic rings. The van der Waals surface area contributed by atoms with Gasteiger partial charge in [0.15, 0.2) is 5.65 Å². The minimum Gasteiger partial charge on any atom is -0.325 e. The predicted molar refractivity (Wildman–Crippen MR) is 91.4 cm³/mol. The minimum atomic E-state index is -0.284. The molecule has 0 spiro atoms. The second-order valence-electron chi connectivity index (χ2n) is 5.30. The molecule has 1 atom stereocenters. The Morgan fingerprint density at radius 3 is 2.96 bits per heavy atom. The largest absolute Gasteiger partial charge is 0.325 e. The number of aromatic nitrogens is 4. The molecule has 0 saturated carbocycles. The molecule has 2 aromatic heterocycles. The van der Waals surface area contributed by atoms with Crippen molar-refractivity contribution >= 4 is 34.4 Å². The van der Waals surface area contributed by atoms with Gasteiger partial charge in [0.25, 0.3) is 0 Å². The van der Waals surface area contributed by atoms with Crippen molar-refractivity contribution in [2.75, 3.05) is 5.32 Å². The first-order valence-corrected chi connectivity index (χ1v) is 8.09. The maximum Gasteiger partial charge on any atom is 0.237 e. The maximum atomic E-state index is 12.4. The van der Waals surface area contributed by atoms with Gasteiger partial charge in [-0.1, -0.05) is 23.9 Å². The molecule has 3 rings (SSSR count). The van der Waals surface area contributed by atoms with E-state index in [-0.39, 0.29) is 11.2 Å². The molecule has 0 radical (unpaired) electrons. The second kappa shape index (κ2) is 6.37. The third-order valence-corrected chi connectivity index (χ3v) is 4.55. The average molecular weight is 327 g/mol. The number of carbonyl (C=O) groups is 1. The van der Waals surface area contributed by atoms with Crippen LogP contribution in [0.4, 0.5) is 5.69 Å². The lowest BCUT2D eigenvalue weighted by Crippen LogP contribution is -2.22. The number of benzene rings is 1. The second-order valence-corrected chi connectivity index (χ2v) is 6.63. The molecular formula is C16H17N5OS. The van der Waals surface area contributed by atoms with Gasteiger partial charge in [-0.15, -0.1) is 0 Å². The molecule has 0 bridgehead atoms. The number of hydrogen-bond donors (Lipinski definition) is 1. The fraction of sp³-hybridized carbons (Fsp3) is 0.250. The third kappa shape index (κ3) is 3.34. The van der Waals surface area contributed by atoms with Gasteiger partial charge in [-0.2, -0.15) is 5.10 Å². The fourth-order valence-corrected chi connectivity index (χ4v) is 3.10. The number of thioether (sulfide) groups is 1. The van der Waals surface area contributed by atoms with Gasteiger partial charge in [-0.25, -0.2) is 9.97 Å². The molecular weight excluding hydrogens is 310 g/mol. The van der Waals surface area contributed by atoms with Crippen LogP contribution in [0, 0.1) is 6.92 Å². The van der Waals surface area contributed by atoms with Crippen molar-refractivity contribution in [3.8, 4) is 0 Å². The molecule has 0 aliphatic rings. The molecule has 7 heteroatoms. The van der Waals surface area contributed by atoms with Crippen LogP contribution in [0.15, 0.2) is 41.8 Å². The zero-order valence-electron chi connectivity index (χ0n) is 13.1. The van der Waals surface area contributed by atoms with Crippen molar-refractivity contribution in [1.82, 2.24) is 19.7 Å². The molecule has 0 aliphatic carbocycles. The van der Waals surface area contributed by atoms with E-state index >= 15 is 0 Å². The van der Waals surface area contributed by atoms with Gasteiger partial charge in [0.2, 0.25) is 5.91 Å². The van der Waals surface area contributed by atoms with E-state index < -0.39 is 0 Å². The van der Waals surface area contributed by atoms with Crippen molar-refractivity contribution in [1.29, 1.82) is 0 Å². The van der Waals surface area contributed by atoms with E-state index in [4.69, 9.17) is 0 Å². The van der Waals surface area contributed by atoms with Gasteiger partial charge in [0, 0.05) is 12.7 Å². The zero-order valence-corrected chi connectivity index (χ0v) is 14.0. The normalized spacial score (nSPS) is 12.3. The Labute approximate surface area is 138 Å². The molecule has 6 nitrogen and oxygen atoms in total. The number of rotatable bonds is 4. The molecule has 2 heterocycles. The molecule has 0 saturated heterocycles. The van der Waals surface area contributed by atoms with Crippen LogP contribution in [0.1, 0.15) is 12.5 Å². The van der Waals surface area contributed by atoms with E-state index in [0.29, 0.717) is 0 Å². The van der Waals surface area contributed by atoms with Crippen LogP contribution in [-0.2, 0) is 11.8 Å². The highest BCUT2D eigenvalue weighted by molar-refractivity contribution is 8.00. The van der Waals surface area contributed by atoms with Gasteiger partial charge < -0.3 is 5.32 Å². The minimum absolute atomic E-state index is 0.0590. The standard InChI is InChI=1S/C16H17N5OS/c1-10-5-4-6-12(7-10)20-15(22)11(2)23-16-13-8-19-21(3)14(13)17-9-18-16/h4-9,11H,1-3H3,(H,20,22). The average Bonchev–Trinajstić information content (AvgIpc) is 2.90. The summed E-state index contributed by atoms with van der Waals surface area (Å²) < 4.78 is 1.69. The predicted octanol–water partition coefficient (Wildman–Crippen LogP) is 2.79. The van der Waals surface area contributed by atoms with Crippen LogP contribution < -0.4 is 5.32 Å². The Bertz CT molecular complexity index is 861. The Hall–Kier alpha value is -2.41. The molecule has 1 aromatic carbocycles. The number of fused-ring (bicyclic) bond motifs is 1. The number of nitrogens with zero attached hydrogens (tertiary/aromatic N) is 4. The maximum absolute atomic E-state index is 12.4. The first-order valence-electron chi connectivity index (χ1n) is 7.21. The number of nitrogens with one attached hydrogen (secondary N) is 1. The number of aryl methyl sites for hydroxylation is 2. The van der Waals surface area contributed by atoms with E-state index in [1.165, 1.54) is 18.1 Å². The van der Waals surface area contributed by atoms with Gasteiger partial charge in [0.1, 0.15) is 11.4 Å². The summed E-state index contributed by atoms with van der Waals surface area (Å²) in [5.74, 6) is -0.0590. The van der Waals surface area contributed by atoms with Crippen molar-refractivity contribution < 1.29 is 4.79 Å². The van der Waals surface area contributed by atoms with Crippen molar-refractivity contribution in [2.45, 2.75) is 24.1 Å². The SMILES string of the molecule is Cc1cccc(NC(=O)C(C)Sc2ncnc3c2cnn3C)c1. The first kappa shape index (κ1) is 15.5. The van der Waals surface area contributed by atoms with Gasteiger partial charge >= 0.3 is 0 Å². The van der Waals surface area contributed by atoms with Crippen LogP contribution in [0.3, 0.4) is 0 Å². The van der Waals surface area contributed by atoms with Crippen molar-refractivity contribution in [3.63, 3.8) is 0 Å². The topological polar surface area (TPSA) is 72.7 Å². The number of amides is 1. The van der Waals surface area contributed by atoms with Crippen molar-refractivity contribution in [3.05, 3.63) is 42.4 Å². The van der Waals surface area contributed by atoms with Gasteiger partial charge in [0.05, 0.1) is 16.8 Å². The summed E-state index contributed by atoms with van der Waals surface area (Å²) in [7, 11) is 1.83. The van der Waals surface area contributed by atoms with Gasteiger partial charge in [-0.3, -0.25) is 9.48 Å². The summed E-state index contributed by atoms with van der Waals surface area (Å²) in [4.78, 5) is 20.9. The Morgan fingerprint density at radius 2 is 2.17 bits per heavy atom. The number of anilines is 1.